The Labute approximate surface area is 89.7 Å². The highest BCUT2D eigenvalue weighted by Crippen LogP contribution is 2.01. The molecule has 3 nitrogen and oxygen atoms in total. The van der Waals surface area contributed by atoms with Gasteiger partial charge < -0.3 is 10.4 Å². The molecule has 0 amide bonds. The van der Waals surface area contributed by atoms with Crippen molar-refractivity contribution in [1.29, 1.82) is 0 Å². The lowest BCUT2D eigenvalue weighted by Gasteiger charge is -2.12. The van der Waals surface area contributed by atoms with Crippen molar-refractivity contribution in [3.63, 3.8) is 0 Å². The number of carboxylic acids is 1. The molecule has 0 saturated heterocycles. The van der Waals surface area contributed by atoms with E-state index >= 15 is 0 Å². The van der Waals surface area contributed by atoms with Gasteiger partial charge in [-0.15, -0.1) is 24.8 Å². The molecule has 0 aromatic rings. The summed E-state index contributed by atoms with van der Waals surface area (Å²) >= 11 is 0. The largest absolute Gasteiger partial charge is 0.480 e. The van der Waals surface area contributed by atoms with E-state index in [-0.39, 0.29) is 37.4 Å². The van der Waals surface area contributed by atoms with Crippen LogP contribution in [0, 0.1) is 0 Å². The zero-order valence-electron chi connectivity index (χ0n) is 6.97. The maximum atomic E-state index is 10.1. The predicted octanol–water partition coefficient (Wildman–Crippen LogP) is 1.39. The van der Waals surface area contributed by atoms with Gasteiger partial charge in [0.05, 0.1) is 6.54 Å². The van der Waals surface area contributed by atoms with Gasteiger partial charge in [0.2, 0.25) is 0 Å². The summed E-state index contributed by atoms with van der Waals surface area (Å²) in [5, 5.41) is 11.2. The topological polar surface area (TPSA) is 49.3 Å². The molecule has 0 saturated carbocycles. The van der Waals surface area contributed by atoms with Crippen LogP contribution in [0.5, 0.6) is 0 Å². The first-order chi connectivity index (χ1) is 5.29. The van der Waals surface area contributed by atoms with Crippen LogP contribution in [0.25, 0.3) is 0 Å². The van der Waals surface area contributed by atoms with Crippen LogP contribution in [0.4, 0.5) is 0 Å². The number of hydrogen-bond acceptors (Lipinski definition) is 2. The van der Waals surface area contributed by atoms with Crippen LogP contribution in [0.3, 0.4) is 0 Å². The van der Waals surface area contributed by atoms with E-state index < -0.39 is 5.97 Å². The maximum absolute atomic E-state index is 10.1. The molecule has 0 aromatic heterocycles. The van der Waals surface area contributed by atoms with E-state index in [2.05, 4.69) is 5.32 Å². The zero-order chi connectivity index (χ0) is 8.10. The fourth-order valence-corrected chi connectivity index (χ4v) is 0.950. The first-order valence-electron chi connectivity index (χ1n) is 3.57. The highest BCUT2D eigenvalue weighted by Gasteiger charge is 2.05. The fraction of sp³-hybridized carbons (Fsp3) is 0.375. The Hall–Kier alpha value is -0.510. The first kappa shape index (κ1) is 15.0. The van der Waals surface area contributed by atoms with Crippen LogP contribution in [-0.4, -0.2) is 23.7 Å². The molecule has 1 aliphatic carbocycles. The minimum Gasteiger partial charge on any atom is -0.480 e. The number of carboxylic acid groups (broad SMARTS) is 1. The summed E-state index contributed by atoms with van der Waals surface area (Å²) in [6.45, 7) is 0.0306. The summed E-state index contributed by atoms with van der Waals surface area (Å²) in [5.74, 6) is -0.812. The Morgan fingerprint density at radius 3 is 2.62 bits per heavy atom. The van der Waals surface area contributed by atoms with Gasteiger partial charge in [0, 0.05) is 6.04 Å². The molecule has 0 radical (unpaired) electrons. The van der Waals surface area contributed by atoms with E-state index in [0.29, 0.717) is 0 Å². The monoisotopic (exact) mass is 225 g/mol. The van der Waals surface area contributed by atoms with Crippen LogP contribution in [0.2, 0.25) is 0 Å². The Morgan fingerprint density at radius 2 is 2.15 bits per heavy atom. The second-order valence-corrected chi connectivity index (χ2v) is 2.43. The van der Waals surface area contributed by atoms with E-state index in [9.17, 15) is 4.79 Å². The van der Waals surface area contributed by atoms with Crippen molar-refractivity contribution in [2.75, 3.05) is 6.54 Å². The van der Waals surface area contributed by atoms with Crippen molar-refractivity contribution in [1.82, 2.24) is 5.32 Å². The van der Waals surface area contributed by atoms with Gasteiger partial charge in [-0.1, -0.05) is 24.3 Å². The quantitative estimate of drug-likeness (QED) is 0.764. The number of rotatable bonds is 3. The number of halogens is 2. The van der Waals surface area contributed by atoms with Gasteiger partial charge >= 0.3 is 5.97 Å². The third-order valence-electron chi connectivity index (χ3n) is 1.50. The van der Waals surface area contributed by atoms with E-state index in [1.165, 1.54) is 0 Å². The molecule has 76 valence electrons. The highest BCUT2D eigenvalue weighted by molar-refractivity contribution is 5.85. The third kappa shape index (κ3) is 6.63. The van der Waals surface area contributed by atoms with Crippen molar-refractivity contribution in [3.8, 4) is 0 Å². The summed E-state index contributed by atoms with van der Waals surface area (Å²) in [4.78, 5) is 10.1. The van der Waals surface area contributed by atoms with Crippen LogP contribution < -0.4 is 5.32 Å². The van der Waals surface area contributed by atoms with E-state index in [4.69, 9.17) is 5.11 Å². The average molecular weight is 226 g/mol. The minimum atomic E-state index is -0.812. The second kappa shape index (κ2) is 8.10. The number of aliphatic carboxylic acids is 1. The third-order valence-corrected chi connectivity index (χ3v) is 1.50. The van der Waals surface area contributed by atoms with E-state index in [1.54, 1.807) is 0 Å². The minimum absolute atomic E-state index is 0. The molecule has 0 aliphatic heterocycles. The number of carbonyl (C=O) groups is 1. The molecule has 0 bridgehead atoms. The Balaban J connectivity index is 0. The van der Waals surface area contributed by atoms with Crippen molar-refractivity contribution in [3.05, 3.63) is 24.3 Å². The fourth-order valence-electron chi connectivity index (χ4n) is 0.950. The standard InChI is InChI=1S/C8H11NO2.2ClH/c10-8(11)6-9-7-4-2-1-3-5-7;;/h1-4,7,9H,5-6H2,(H,10,11);2*1H. The summed E-state index contributed by atoms with van der Waals surface area (Å²) in [7, 11) is 0. The molecule has 0 heterocycles. The molecule has 1 atom stereocenters. The van der Waals surface area contributed by atoms with Crippen LogP contribution in [0.15, 0.2) is 24.3 Å². The summed E-state index contributed by atoms with van der Waals surface area (Å²) in [6, 6.07) is 0.191. The average Bonchev–Trinajstić information content (AvgIpc) is 2.03. The molecule has 1 aliphatic rings. The first-order valence-corrected chi connectivity index (χ1v) is 3.57. The molecule has 1 rings (SSSR count). The lowest BCUT2D eigenvalue weighted by atomic mass is 10.1. The lowest BCUT2D eigenvalue weighted by molar-refractivity contribution is -0.136. The van der Waals surface area contributed by atoms with Crippen LogP contribution in [-0.2, 0) is 4.79 Å². The molecule has 0 spiro atoms. The Bertz CT molecular complexity index is 204. The number of hydrogen-bond donors (Lipinski definition) is 2. The van der Waals surface area contributed by atoms with E-state index in [1.807, 2.05) is 24.3 Å². The van der Waals surface area contributed by atoms with Crippen molar-refractivity contribution >= 4 is 30.8 Å². The summed E-state index contributed by atoms with van der Waals surface area (Å²) < 4.78 is 0. The van der Waals surface area contributed by atoms with Gasteiger partial charge in [0.1, 0.15) is 0 Å². The second-order valence-electron chi connectivity index (χ2n) is 2.43. The van der Waals surface area contributed by atoms with Gasteiger partial charge in [0.15, 0.2) is 0 Å². The molecule has 2 N–H and O–H groups in total. The Kier molecular flexibility index (Phi) is 9.34. The van der Waals surface area contributed by atoms with Crippen molar-refractivity contribution in [2.24, 2.45) is 0 Å². The predicted molar refractivity (Wildman–Crippen MR) is 56.8 cm³/mol. The van der Waals surface area contributed by atoms with Gasteiger partial charge in [-0.25, -0.2) is 0 Å². The van der Waals surface area contributed by atoms with Gasteiger partial charge in [-0.05, 0) is 6.42 Å². The van der Waals surface area contributed by atoms with Crippen molar-refractivity contribution in [2.45, 2.75) is 12.5 Å². The van der Waals surface area contributed by atoms with Gasteiger partial charge in [-0.3, -0.25) is 4.79 Å². The van der Waals surface area contributed by atoms with Gasteiger partial charge in [0.25, 0.3) is 0 Å². The molecule has 5 heteroatoms. The molecule has 0 aromatic carbocycles. The molecule has 13 heavy (non-hydrogen) atoms. The SMILES string of the molecule is Cl.Cl.O=C(O)CNC1C=CC=CC1. The number of nitrogens with one attached hydrogen (secondary N) is 1. The summed E-state index contributed by atoms with van der Waals surface area (Å²) in [5.41, 5.74) is 0. The normalized spacial score (nSPS) is 18.6. The molecular formula is C8H13Cl2NO2. The number of allylic oxidation sites excluding steroid dienone is 2. The van der Waals surface area contributed by atoms with E-state index in [0.717, 1.165) is 6.42 Å². The van der Waals surface area contributed by atoms with Crippen molar-refractivity contribution < 1.29 is 9.90 Å². The Morgan fingerprint density at radius 1 is 1.46 bits per heavy atom. The van der Waals surface area contributed by atoms with Crippen LogP contribution in [0.1, 0.15) is 6.42 Å². The molecular weight excluding hydrogens is 213 g/mol. The smallest absolute Gasteiger partial charge is 0.317 e. The van der Waals surface area contributed by atoms with Crippen LogP contribution >= 0.6 is 24.8 Å². The lowest BCUT2D eigenvalue weighted by Crippen LogP contribution is -2.32. The summed E-state index contributed by atoms with van der Waals surface area (Å²) in [6.07, 6.45) is 8.73. The van der Waals surface area contributed by atoms with Gasteiger partial charge in [-0.2, -0.15) is 0 Å². The molecule has 1 unspecified atom stereocenters. The molecule has 0 fully saturated rings. The maximum Gasteiger partial charge on any atom is 0.317 e. The highest BCUT2D eigenvalue weighted by atomic mass is 35.5. The zero-order valence-corrected chi connectivity index (χ0v) is 8.61.